The summed E-state index contributed by atoms with van der Waals surface area (Å²) in [4.78, 5) is 0. The minimum atomic E-state index is 0.367. The third-order valence-electron chi connectivity index (χ3n) is 3.46. The lowest BCUT2D eigenvalue weighted by Crippen LogP contribution is -2.11. The highest BCUT2D eigenvalue weighted by molar-refractivity contribution is 6.32. The van der Waals surface area contributed by atoms with E-state index in [-0.39, 0.29) is 0 Å². The van der Waals surface area contributed by atoms with Gasteiger partial charge in [0.2, 0.25) is 0 Å². The molecule has 0 heterocycles. The predicted molar refractivity (Wildman–Crippen MR) is 92.8 cm³/mol. The van der Waals surface area contributed by atoms with Gasteiger partial charge in [0.15, 0.2) is 11.5 Å². The third-order valence-corrected chi connectivity index (χ3v) is 3.74. The van der Waals surface area contributed by atoms with Gasteiger partial charge in [0.25, 0.3) is 0 Å². The van der Waals surface area contributed by atoms with E-state index in [1.807, 2.05) is 32.0 Å². The molecule has 2 N–H and O–H groups in total. The van der Waals surface area contributed by atoms with Crippen molar-refractivity contribution in [1.29, 1.82) is 0 Å². The van der Waals surface area contributed by atoms with Crippen LogP contribution in [0.15, 0.2) is 30.3 Å². The molecular formula is C18H22ClNO3. The van der Waals surface area contributed by atoms with E-state index in [0.29, 0.717) is 36.3 Å². The first-order valence-corrected chi connectivity index (χ1v) is 7.82. The second-order valence-corrected chi connectivity index (χ2v) is 5.69. The highest BCUT2D eigenvalue weighted by Crippen LogP contribution is 2.36. The second-order valence-electron chi connectivity index (χ2n) is 5.28. The Morgan fingerprint density at radius 1 is 1.00 bits per heavy atom. The topological polar surface area (TPSA) is 53.7 Å². The molecule has 0 saturated carbocycles. The number of hydrogen-bond acceptors (Lipinski definition) is 4. The molecule has 5 heteroatoms. The van der Waals surface area contributed by atoms with Crippen molar-refractivity contribution in [3.63, 3.8) is 0 Å². The van der Waals surface area contributed by atoms with Crippen LogP contribution >= 0.6 is 11.6 Å². The summed E-state index contributed by atoms with van der Waals surface area (Å²) in [5.74, 6) is 1.95. The van der Waals surface area contributed by atoms with Crippen molar-refractivity contribution < 1.29 is 14.2 Å². The van der Waals surface area contributed by atoms with Crippen LogP contribution in [0.4, 0.5) is 0 Å². The molecule has 23 heavy (non-hydrogen) atoms. The van der Waals surface area contributed by atoms with Gasteiger partial charge < -0.3 is 19.9 Å². The summed E-state index contributed by atoms with van der Waals surface area (Å²) in [7, 11) is 1.57. The first-order chi connectivity index (χ1) is 11.0. The quantitative estimate of drug-likeness (QED) is 0.780. The molecule has 0 unspecified atom stereocenters. The van der Waals surface area contributed by atoms with Crippen LogP contribution in [0.3, 0.4) is 0 Å². The number of halogens is 1. The fraction of sp³-hybridized carbons (Fsp3) is 0.333. The van der Waals surface area contributed by atoms with Gasteiger partial charge >= 0.3 is 0 Å². The van der Waals surface area contributed by atoms with E-state index >= 15 is 0 Å². The molecule has 0 aliphatic rings. The van der Waals surface area contributed by atoms with Gasteiger partial charge in [0.05, 0.1) is 12.1 Å². The fourth-order valence-corrected chi connectivity index (χ4v) is 2.48. The van der Waals surface area contributed by atoms with E-state index in [1.165, 1.54) is 0 Å². The van der Waals surface area contributed by atoms with Crippen molar-refractivity contribution in [3.05, 3.63) is 52.0 Å². The van der Waals surface area contributed by atoms with Gasteiger partial charge in [-0.05, 0) is 48.7 Å². The number of rotatable bonds is 7. The molecule has 4 nitrogen and oxygen atoms in total. The molecule has 0 spiro atoms. The molecule has 124 valence electrons. The number of ether oxygens (including phenoxy) is 3. The summed E-state index contributed by atoms with van der Waals surface area (Å²) >= 11 is 6.23. The Hall–Kier alpha value is -1.91. The van der Waals surface area contributed by atoms with Crippen LogP contribution in [-0.4, -0.2) is 20.3 Å². The van der Waals surface area contributed by atoms with Crippen LogP contribution in [0, 0.1) is 13.8 Å². The first kappa shape index (κ1) is 17.4. The monoisotopic (exact) mass is 335 g/mol. The Morgan fingerprint density at radius 2 is 1.74 bits per heavy atom. The van der Waals surface area contributed by atoms with Crippen LogP contribution in [0.2, 0.25) is 5.02 Å². The normalized spacial score (nSPS) is 10.5. The maximum absolute atomic E-state index is 6.23. The van der Waals surface area contributed by atoms with E-state index in [2.05, 4.69) is 6.07 Å². The van der Waals surface area contributed by atoms with Crippen molar-refractivity contribution >= 4 is 11.6 Å². The number of benzene rings is 2. The van der Waals surface area contributed by atoms with Crippen LogP contribution in [0.25, 0.3) is 0 Å². The van der Waals surface area contributed by atoms with Crippen molar-refractivity contribution in [2.24, 2.45) is 5.73 Å². The Labute approximate surface area is 142 Å². The predicted octanol–water partition coefficient (Wildman–Crippen LogP) is 3.88. The zero-order valence-electron chi connectivity index (χ0n) is 13.7. The van der Waals surface area contributed by atoms with Gasteiger partial charge in [-0.3, -0.25) is 0 Å². The molecule has 2 rings (SSSR count). The van der Waals surface area contributed by atoms with Gasteiger partial charge in [-0.2, -0.15) is 0 Å². The van der Waals surface area contributed by atoms with Crippen LogP contribution < -0.4 is 19.9 Å². The molecule has 0 fully saturated rings. The number of aryl methyl sites for hydroxylation is 2. The Kier molecular flexibility index (Phi) is 6.13. The molecular weight excluding hydrogens is 314 g/mol. The van der Waals surface area contributed by atoms with Gasteiger partial charge in [-0.25, -0.2) is 0 Å². The van der Waals surface area contributed by atoms with E-state index in [1.54, 1.807) is 13.2 Å². The molecule has 0 aromatic heterocycles. The fourth-order valence-electron chi connectivity index (χ4n) is 2.19. The Balaban J connectivity index is 1.97. The lowest BCUT2D eigenvalue weighted by atomic mass is 10.1. The van der Waals surface area contributed by atoms with Gasteiger partial charge in [0.1, 0.15) is 19.0 Å². The molecule has 0 amide bonds. The van der Waals surface area contributed by atoms with Gasteiger partial charge in [-0.1, -0.05) is 23.7 Å². The summed E-state index contributed by atoms with van der Waals surface area (Å²) in [6.07, 6.45) is 0. The van der Waals surface area contributed by atoms with E-state index < -0.39 is 0 Å². The van der Waals surface area contributed by atoms with Crippen LogP contribution in [-0.2, 0) is 6.54 Å². The van der Waals surface area contributed by atoms with Gasteiger partial charge in [0, 0.05) is 6.54 Å². The average molecular weight is 336 g/mol. The number of nitrogens with two attached hydrogens (primary N) is 1. The van der Waals surface area contributed by atoms with E-state index in [4.69, 9.17) is 31.5 Å². The summed E-state index contributed by atoms with van der Waals surface area (Å²) in [6, 6.07) is 9.72. The van der Waals surface area contributed by atoms with Crippen LogP contribution in [0.5, 0.6) is 17.2 Å². The highest BCUT2D eigenvalue weighted by Gasteiger charge is 2.11. The number of methoxy groups -OCH3 is 1. The maximum atomic E-state index is 6.23. The molecule has 0 bridgehead atoms. The second kappa shape index (κ2) is 8.09. The molecule has 0 saturated heterocycles. The van der Waals surface area contributed by atoms with E-state index in [0.717, 1.165) is 22.4 Å². The molecule has 0 radical (unpaired) electrons. The minimum Gasteiger partial charge on any atom is -0.493 e. The van der Waals surface area contributed by atoms with Gasteiger partial charge in [-0.15, -0.1) is 0 Å². The Morgan fingerprint density at radius 3 is 2.43 bits per heavy atom. The zero-order chi connectivity index (χ0) is 16.8. The SMILES string of the molecule is COc1cc(CN)cc(Cl)c1OCCOc1cc(C)ccc1C. The largest absolute Gasteiger partial charge is 0.493 e. The summed E-state index contributed by atoms with van der Waals surface area (Å²) in [6.45, 7) is 5.23. The standard InChI is InChI=1S/C18H22ClNO3/c1-12-4-5-13(2)16(8-12)22-6-7-23-18-15(19)9-14(11-20)10-17(18)21-3/h4-5,8-10H,6-7,11,20H2,1-3H3. The zero-order valence-corrected chi connectivity index (χ0v) is 14.4. The molecule has 0 aliphatic heterocycles. The highest BCUT2D eigenvalue weighted by atomic mass is 35.5. The summed E-state index contributed by atoms with van der Waals surface area (Å²) < 4.78 is 16.8. The summed E-state index contributed by atoms with van der Waals surface area (Å²) in [5.41, 5.74) is 8.78. The molecule has 0 aliphatic carbocycles. The minimum absolute atomic E-state index is 0.367. The van der Waals surface area contributed by atoms with E-state index in [9.17, 15) is 0 Å². The van der Waals surface area contributed by atoms with Crippen molar-refractivity contribution in [2.75, 3.05) is 20.3 Å². The maximum Gasteiger partial charge on any atom is 0.179 e. The smallest absolute Gasteiger partial charge is 0.179 e. The van der Waals surface area contributed by atoms with Crippen molar-refractivity contribution in [2.45, 2.75) is 20.4 Å². The molecule has 2 aromatic carbocycles. The molecule has 0 atom stereocenters. The lowest BCUT2D eigenvalue weighted by molar-refractivity contribution is 0.210. The lowest BCUT2D eigenvalue weighted by Gasteiger charge is -2.15. The molecule has 2 aromatic rings. The van der Waals surface area contributed by atoms with Crippen molar-refractivity contribution in [1.82, 2.24) is 0 Å². The number of hydrogen-bond donors (Lipinski definition) is 1. The van der Waals surface area contributed by atoms with Crippen molar-refractivity contribution in [3.8, 4) is 17.2 Å². The Bertz CT molecular complexity index is 674. The first-order valence-electron chi connectivity index (χ1n) is 7.44. The van der Waals surface area contributed by atoms with Crippen LogP contribution in [0.1, 0.15) is 16.7 Å². The third kappa shape index (κ3) is 4.53. The summed E-state index contributed by atoms with van der Waals surface area (Å²) in [5, 5.41) is 0.483. The average Bonchev–Trinajstić information content (AvgIpc) is 2.55.